The highest BCUT2D eigenvalue weighted by molar-refractivity contribution is 7.98. The Labute approximate surface area is 249 Å². The van der Waals surface area contributed by atoms with Crippen molar-refractivity contribution < 1.29 is 9.90 Å². The summed E-state index contributed by atoms with van der Waals surface area (Å²) in [6.07, 6.45) is 5.25. The summed E-state index contributed by atoms with van der Waals surface area (Å²) in [7, 11) is 0. The van der Waals surface area contributed by atoms with Gasteiger partial charge < -0.3 is 9.67 Å². The maximum atomic E-state index is 11.9. The Hall–Kier alpha value is -3.29. The standard InChI is InChI=1S/C30H33N3O2S.C2H4.CH4S/c1-3-4-10-28-31-32-30(36-21-25-13-11-22(2)12-14-25)33(28)20-24-17-15-23(16-18-24)19-27(29(34)35)26-8-6-5-7-9-26;2*1-2/h5-9,11-18,27H,3-4,10,19-21H2,1-2H3,(H,34,35);1-2H2;2H,1H3. The number of thiol groups is 1. The van der Waals surface area contributed by atoms with Gasteiger partial charge in [-0.05, 0) is 48.3 Å². The molecule has 0 saturated carbocycles. The second kappa shape index (κ2) is 18.1. The van der Waals surface area contributed by atoms with E-state index in [-0.39, 0.29) is 0 Å². The van der Waals surface area contributed by atoms with Gasteiger partial charge >= 0.3 is 5.97 Å². The third kappa shape index (κ3) is 10.0. The molecule has 0 spiro atoms. The molecule has 0 fully saturated rings. The van der Waals surface area contributed by atoms with Crippen LogP contribution >= 0.6 is 24.4 Å². The van der Waals surface area contributed by atoms with Gasteiger partial charge in [-0.25, -0.2) is 0 Å². The van der Waals surface area contributed by atoms with Gasteiger partial charge in [0.25, 0.3) is 0 Å². The molecule has 4 rings (SSSR count). The van der Waals surface area contributed by atoms with Gasteiger partial charge in [-0.1, -0.05) is 110 Å². The van der Waals surface area contributed by atoms with E-state index >= 15 is 0 Å². The molecule has 0 bridgehead atoms. The summed E-state index contributed by atoms with van der Waals surface area (Å²) in [5.74, 6) is 0.509. The Bertz CT molecular complexity index is 1270. The summed E-state index contributed by atoms with van der Waals surface area (Å²) < 4.78 is 2.23. The first kappa shape index (κ1) is 32.9. The summed E-state index contributed by atoms with van der Waals surface area (Å²) in [6, 6.07) is 26.3. The average Bonchev–Trinajstić information content (AvgIpc) is 3.38. The molecule has 0 aliphatic rings. The van der Waals surface area contributed by atoms with Crippen LogP contribution in [0.3, 0.4) is 0 Å². The molecule has 1 N–H and O–H groups in total. The van der Waals surface area contributed by atoms with E-state index in [0.717, 1.165) is 52.7 Å². The number of hydrogen-bond acceptors (Lipinski definition) is 5. The van der Waals surface area contributed by atoms with Crippen LogP contribution in [0.25, 0.3) is 0 Å². The van der Waals surface area contributed by atoms with E-state index in [4.69, 9.17) is 0 Å². The van der Waals surface area contributed by atoms with Crippen LogP contribution < -0.4 is 0 Å². The first-order valence-electron chi connectivity index (χ1n) is 13.4. The topological polar surface area (TPSA) is 68.0 Å². The largest absolute Gasteiger partial charge is 0.481 e. The van der Waals surface area contributed by atoms with Gasteiger partial charge in [0.2, 0.25) is 0 Å². The predicted molar refractivity (Wildman–Crippen MR) is 172 cm³/mol. The number of unbranched alkanes of at least 4 members (excludes halogenated alkanes) is 1. The smallest absolute Gasteiger partial charge is 0.311 e. The fourth-order valence-electron chi connectivity index (χ4n) is 4.17. The summed E-state index contributed by atoms with van der Waals surface area (Å²) in [4.78, 5) is 11.9. The van der Waals surface area contributed by atoms with E-state index in [2.05, 4.69) is 90.8 Å². The number of hydrogen-bond donors (Lipinski definition) is 2. The zero-order valence-electron chi connectivity index (χ0n) is 23.8. The minimum absolute atomic E-state index is 0.464. The molecule has 212 valence electrons. The van der Waals surface area contributed by atoms with Crippen LogP contribution in [0.1, 0.15) is 59.3 Å². The van der Waals surface area contributed by atoms with Gasteiger partial charge in [0, 0.05) is 12.2 Å². The van der Waals surface area contributed by atoms with E-state index < -0.39 is 11.9 Å². The van der Waals surface area contributed by atoms with Crippen LogP contribution in [0.5, 0.6) is 0 Å². The lowest BCUT2D eigenvalue weighted by atomic mass is 9.92. The highest BCUT2D eigenvalue weighted by Gasteiger charge is 2.20. The van der Waals surface area contributed by atoms with Crippen molar-refractivity contribution in [3.63, 3.8) is 0 Å². The zero-order valence-corrected chi connectivity index (χ0v) is 25.5. The molecular formula is C33H41N3O2S2. The number of aryl methyl sites for hydroxylation is 2. The summed E-state index contributed by atoms with van der Waals surface area (Å²) >= 11 is 5.24. The molecule has 0 aliphatic heterocycles. The number of aliphatic carboxylic acids is 1. The molecule has 0 aliphatic carbocycles. The minimum atomic E-state index is -0.800. The van der Waals surface area contributed by atoms with Crippen molar-refractivity contribution in [2.45, 2.75) is 62.9 Å². The maximum Gasteiger partial charge on any atom is 0.311 e. The fourth-order valence-corrected chi connectivity index (χ4v) is 5.08. The van der Waals surface area contributed by atoms with E-state index in [1.54, 1.807) is 18.0 Å². The monoisotopic (exact) mass is 575 g/mol. The Morgan fingerprint density at radius 2 is 1.52 bits per heavy atom. The van der Waals surface area contributed by atoms with Gasteiger partial charge in [0.15, 0.2) is 5.16 Å². The molecule has 1 heterocycles. The Morgan fingerprint density at radius 1 is 0.925 bits per heavy atom. The SMILES string of the molecule is C=C.CCCCc1nnc(SCc2ccc(C)cc2)n1Cc1ccc(CC(C(=O)O)c2ccccc2)cc1.CS. The van der Waals surface area contributed by atoms with Crippen molar-refractivity contribution in [1.29, 1.82) is 0 Å². The van der Waals surface area contributed by atoms with E-state index in [1.807, 2.05) is 42.5 Å². The predicted octanol–water partition coefficient (Wildman–Crippen LogP) is 8.03. The third-order valence-electron chi connectivity index (χ3n) is 6.34. The van der Waals surface area contributed by atoms with Crippen molar-refractivity contribution >= 4 is 30.4 Å². The lowest BCUT2D eigenvalue weighted by molar-refractivity contribution is -0.138. The molecule has 40 heavy (non-hydrogen) atoms. The number of aromatic nitrogens is 3. The van der Waals surface area contributed by atoms with E-state index in [1.165, 1.54) is 11.1 Å². The summed E-state index contributed by atoms with van der Waals surface area (Å²) in [5.41, 5.74) is 5.52. The molecule has 1 unspecified atom stereocenters. The van der Waals surface area contributed by atoms with Crippen molar-refractivity contribution in [3.05, 3.63) is 126 Å². The summed E-state index contributed by atoms with van der Waals surface area (Å²) in [6.45, 7) is 11.0. The van der Waals surface area contributed by atoms with E-state index in [9.17, 15) is 9.90 Å². The fraction of sp³-hybridized carbons (Fsp3) is 0.303. The molecule has 0 radical (unpaired) electrons. The van der Waals surface area contributed by atoms with Crippen molar-refractivity contribution in [2.75, 3.05) is 6.26 Å². The molecular weight excluding hydrogens is 535 g/mol. The first-order valence-corrected chi connectivity index (χ1v) is 15.3. The van der Waals surface area contributed by atoms with Crippen molar-refractivity contribution in [1.82, 2.24) is 14.8 Å². The molecule has 1 aromatic heterocycles. The first-order chi connectivity index (χ1) is 19.5. The van der Waals surface area contributed by atoms with Crippen LogP contribution in [0.15, 0.2) is 97.2 Å². The average molecular weight is 576 g/mol. The Balaban J connectivity index is 0.00000134. The maximum absolute atomic E-state index is 11.9. The lowest BCUT2D eigenvalue weighted by Gasteiger charge is -2.14. The van der Waals surface area contributed by atoms with Gasteiger partial charge in [0.05, 0.1) is 12.5 Å². The van der Waals surface area contributed by atoms with Crippen LogP contribution in [0.2, 0.25) is 0 Å². The second-order valence-corrected chi connectivity index (χ2v) is 10.1. The van der Waals surface area contributed by atoms with Crippen LogP contribution in [0, 0.1) is 6.92 Å². The van der Waals surface area contributed by atoms with Crippen LogP contribution in [-0.2, 0) is 29.9 Å². The molecule has 7 heteroatoms. The minimum Gasteiger partial charge on any atom is -0.481 e. The van der Waals surface area contributed by atoms with Crippen LogP contribution in [0.4, 0.5) is 0 Å². The molecule has 5 nitrogen and oxygen atoms in total. The van der Waals surface area contributed by atoms with Gasteiger partial charge in [-0.15, -0.1) is 23.4 Å². The number of carboxylic acids is 1. The normalized spacial score (nSPS) is 11.0. The van der Waals surface area contributed by atoms with Gasteiger partial charge in [-0.3, -0.25) is 4.79 Å². The number of thioether (sulfide) groups is 1. The highest BCUT2D eigenvalue weighted by atomic mass is 32.2. The number of nitrogens with zero attached hydrogens (tertiary/aromatic N) is 3. The Kier molecular flexibility index (Phi) is 14.9. The molecule has 0 amide bonds. The van der Waals surface area contributed by atoms with E-state index in [0.29, 0.717) is 13.0 Å². The summed E-state index contributed by atoms with van der Waals surface area (Å²) in [5, 5.41) is 19.7. The highest BCUT2D eigenvalue weighted by Crippen LogP contribution is 2.25. The molecule has 4 aromatic rings. The zero-order chi connectivity index (χ0) is 29.3. The number of benzene rings is 3. The van der Waals surface area contributed by atoms with Crippen molar-refractivity contribution in [2.24, 2.45) is 0 Å². The number of carboxylic acid groups (broad SMARTS) is 1. The van der Waals surface area contributed by atoms with Crippen molar-refractivity contribution in [3.8, 4) is 0 Å². The third-order valence-corrected chi connectivity index (χ3v) is 7.38. The molecule has 3 aromatic carbocycles. The Morgan fingerprint density at radius 3 is 2.12 bits per heavy atom. The van der Waals surface area contributed by atoms with Gasteiger partial charge in [-0.2, -0.15) is 12.6 Å². The van der Waals surface area contributed by atoms with Crippen LogP contribution in [-0.4, -0.2) is 32.1 Å². The van der Waals surface area contributed by atoms with Gasteiger partial charge in [0.1, 0.15) is 5.82 Å². The second-order valence-electron chi connectivity index (χ2n) is 9.18. The quantitative estimate of drug-likeness (QED) is 0.102. The number of carbonyl (C=O) groups is 1. The molecule has 0 saturated heterocycles. The number of rotatable bonds is 12. The lowest BCUT2D eigenvalue weighted by Crippen LogP contribution is -2.14. The molecule has 1 atom stereocenters.